The molecule has 1 unspecified atom stereocenters. The summed E-state index contributed by atoms with van der Waals surface area (Å²) >= 11 is 0. The van der Waals surface area contributed by atoms with E-state index < -0.39 is 5.60 Å². The maximum atomic E-state index is 12.2. The molecule has 0 saturated carbocycles. The first-order valence-corrected chi connectivity index (χ1v) is 7.43. The highest BCUT2D eigenvalue weighted by Gasteiger charge is 2.32. The Morgan fingerprint density at radius 2 is 2.27 bits per heavy atom. The predicted molar refractivity (Wildman–Crippen MR) is 83.6 cm³/mol. The molecule has 2 rings (SSSR count). The van der Waals surface area contributed by atoms with Gasteiger partial charge < -0.3 is 14.4 Å². The zero-order chi connectivity index (χ0) is 16.2. The zero-order valence-corrected chi connectivity index (χ0v) is 13.3. The lowest BCUT2D eigenvalue weighted by Gasteiger charge is -2.28. The number of hydrogen-bond donors (Lipinski definition) is 0. The Kier molecular flexibility index (Phi) is 4.92. The average molecular weight is 302 g/mol. The standard InChI is InChI=1S/C17H22N2O3/c1-5-13-9-15(11-18-10-13)21-12-14-7-6-8-19(14)16(20)22-17(2,3)4/h1,9-11,14H,6-8,12H2,2-4H3. The molecule has 0 aliphatic carbocycles. The number of carbonyl (C=O) groups excluding carboxylic acids is 1. The van der Waals surface area contributed by atoms with E-state index in [1.165, 1.54) is 0 Å². The summed E-state index contributed by atoms with van der Waals surface area (Å²) in [7, 11) is 0. The number of likely N-dealkylation sites (tertiary alicyclic amines) is 1. The van der Waals surface area contributed by atoms with Gasteiger partial charge in [-0.15, -0.1) is 6.42 Å². The molecule has 1 aromatic heterocycles. The van der Waals surface area contributed by atoms with Gasteiger partial charge in [-0.25, -0.2) is 4.79 Å². The highest BCUT2D eigenvalue weighted by atomic mass is 16.6. The number of terminal acetylenes is 1. The Morgan fingerprint density at radius 1 is 1.50 bits per heavy atom. The van der Waals surface area contributed by atoms with Crippen LogP contribution in [0, 0.1) is 12.3 Å². The maximum Gasteiger partial charge on any atom is 0.410 e. The maximum absolute atomic E-state index is 12.2. The summed E-state index contributed by atoms with van der Waals surface area (Å²) in [4.78, 5) is 18.0. The van der Waals surface area contributed by atoms with Crippen molar-refractivity contribution in [3.05, 3.63) is 24.0 Å². The van der Waals surface area contributed by atoms with Crippen molar-refractivity contribution in [2.75, 3.05) is 13.2 Å². The van der Waals surface area contributed by atoms with E-state index in [0.717, 1.165) is 12.8 Å². The molecule has 5 heteroatoms. The molecule has 0 bridgehead atoms. The molecule has 22 heavy (non-hydrogen) atoms. The molecule has 5 nitrogen and oxygen atoms in total. The van der Waals surface area contributed by atoms with Crippen LogP contribution < -0.4 is 4.74 Å². The second kappa shape index (κ2) is 6.69. The fraction of sp³-hybridized carbons (Fsp3) is 0.529. The van der Waals surface area contributed by atoms with Gasteiger partial charge in [0.25, 0.3) is 0 Å². The van der Waals surface area contributed by atoms with Gasteiger partial charge >= 0.3 is 6.09 Å². The molecule has 1 fully saturated rings. The van der Waals surface area contributed by atoms with Gasteiger partial charge in [0, 0.05) is 18.3 Å². The highest BCUT2D eigenvalue weighted by molar-refractivity contribution is 5.69. The number of rotatable bonds is 3. The van der Waals surface area contributed by atoms with Gasteiger partial charge in [-0.1, -0.05) is 5.92 Å². The Bertz CT molecular complexity index is 572. The Morgan fingerprint density at radius 3 is 2.95 bits per heavy atom. The zero-order valence-electron chi connectivity index (χ0n) is 13.3. The summed E-state index contributed by atoms with van der Waals surface area (Å²) in [6.45, 7) is 6.71. The lowest BCUT2D eigenvalue weighted by Crippen LogP contribution is -2.42. The smallest absolute Gasteiger partial charge is 0.410 e. The van der Waals surface area contributed by atoms with Crippen molar-refractivity contribution in [3.8, 4) is 18.1 Å². The lowest BCUT2D eigenvalue weighted by atomic mass is 10.2. The van der Waals surface area contributed by atoms with Crippen LogP contribution in [0.3, 0.4) is 0 Å². The van der Waals surface area contributed by atoms with Gasteiger partial charge in [0.05, 0.1) is 12.2 Å². The topological polar surface area (TPSA) is 51.7 Å². The van der Waals surface area contributed by atoms with Crippen LogP contribution in [0.2, 0.25) is 0 Å². The number of pyridine rings is 1. The number of ether oxygens (including phenoxy) is 2. The molecule has 1 aromatic rings. The van der Waals surface area contributed by atoms with Gasteiger partial charge in [-0.3, -0.25) is 4.98 Å². The molecule has 118 valence electrons. The fourth-order valence-electron chi connectivity index (χ4n) is 2.34. The SMILES string of the molecule is C#Cc1cncc(OCC2CCCN2C(=O)OC(C)(C)C)c1. The van der Waals surface area contributed by atoms with Crippen molar-refractivity contribution < 1.29 is 14.3 Å². The van der Waals surface area contributed by atoms with Crippen LogP contribution in [0.15, 0.2) is 18.5 Å². The van der Waals surface area contributed by atoms with Crippen LogP contribution in [-0.2, 0) is 4.74 Å². The third-order valence-electron chi connectivity index (χ3n) is 3.33. The minimum atomic E-state index is -0.490. The average Bonchev–Trinajstić information content (AvgIpc) is 2.92. The van der Waals surface area contributed by atoms with Crippen LogP contribution in [0.5, 0.6) is 5.75 Å². The lowest BCUT2D eigenvalue weighted by molar-refractivity contribution is 0.0187. The summed E-state index contributed by atoms with van der Waals surface area (Å²) in [6, 6.07) is 1.78. The minimum Gasteiger partial charge on any atom is -0.490 e. The minimum absolute atomic E-state index is 0.0179. The molecule has 0 spiro atoms. The van der Waals surface area contributed by atoms with Gasteiger partial charge in [0.1, 0.15) is 18.0 Å². The summed E-state index contributed by atoms with van der Waals surface area (Å²) in [5.74, 6) is 3.14. The van der Waals surface area contributed by atoms with Crippen LogP contribution in [-0.4, -0.2) is 40.8 Å². The summed E-state index contributed by atoms with van der Waals surface area (Å²) < 4.78 is 11.2. The van der Waals surface area contributed by atoms with Crippen molar-refractivity contribution in [2.24, 2.45) is 0 Å². The molecular formula is C17H22N2O3. The molecule has 1 aliphatic heterocycles. The van der Waals surface area contributed by atoms with Crippen molar-refractivity contribution in [2.45, 2.75) is 45.3 Å². The molecule has 0 radical (unpaired) electrons. The molecule has 1 atom stereocenters. The van der Waals surface area contributed by atoms with Crippen molar-refractivity contribution >= 4 is 6.09 Å². The normalized spacial score (nSPS) is 17.9. The second-order valence-electron chi connectivity index (χ2n) is 6.33. The Labute approximate surface area is 131 Å². The third-order valence-corrected chi connectivity index (χ3v) is 3.33. The van der Waals surface area contributed by atoms with E-state index in [2.05, 4.69) is 10.9 Å². The molecular weight excluding hydrogens is 280 g/mol. The van der Waals surface area contributed by atoms with E-state index >= 15 is 0 Å². The van der Waals surface area contributed by atoms with Gasteiger partial charge in [-0.2, -0.15) is 0 Å². The predicted octanol–water partition coefficient (Wildman–Crippen LogP) is 2.84. The van der Waals surface area contributed by atoms with Crippen LogP contribution in [0.25, 0.3) is 0 Å². The van der Waals surface area contributed by atoms with Gasteiger partial charge in [0.2, 0.25) is 0 Å². The van der Waals surface area contributed by atoms with E-state index in [9.17, 15) is 4.79 Å². The molecule has 2 heterocycles. The van der Waals surface area contributed by atoms with Crippen LogP contribution in [0.1, 0.15) is 39.2 Å². The van der Waals surface area contributed by atoms with E-state index in [1.807, 2.05) is 20.8 Å². The van der Waals surface area contributed by atoms with Gasteiger partial charge in [-0.05, 0) is 39.7 Å². The van der Waals surface area contributed by atoms with Crippen molar-refractivity contribution in [1.82, 2.24) is 9.88 Å². The van der Waals surface area contributed by atoms with Crippen LogP contribution >= 0.6 is 0 Å². The summed E-state index contributed by atoms with van der Waals surface area (Å²) in [5.41, 5.74) is 0.184. The first-order valence-electron chi connectivity index (χ1n) is 7.43. The monoisotopic (exact) mass is 302 g/mol. The second-order valence-corrected chi connectivity index (χ2v) is 6.33. The molecule has 1 aliphatic rings. The van der Waals surface area contributed by atoms with Crippen molar-refractivity contribution in [1.29, 1.82) is 0 Å². The number of amides is 1. The number of nitrogens with zero attached hydrogens (tertiary/aromatic N) is 2. The number of hydrogen-bond acceptors (Lipinski definition) is 4. The van der Waals surface area contributed by atoms with E-state index in [-0.39, 0.29) is 12.1 Å². The van der Waals surface area contributed by atoms with E-state index in [0.29, 0.717) is 24.5 Å². The van der Waals surface area contributed by atoms with Crippen molar-refractivity contribution in [3.63, 3.8) is 0 Å². The molecule has 1 amide bonds. The highest BCUT2D eigenvalue weighted by Crippen LogP contribution is 2.22. The van der Waals surface area contributed by atoms with Crippen LogP contribution in [0.4, 0.5) is 4.79 Å². The molecule has 0 N–H and O–H groups in total. The summed E-state index contributed by atoms with van der Waals surface area (Å²) in [5, 5.41) is 0. The fourth-order valence-corrected chi connectivity index (χ4v) is 2.34. The number of aromatic nitrogens is 1. The molecule has 0 aromatic carbocycles. The largest absolute Gasteiger partial charge is 0.490 e. The third kappa shape index (κ3) is 4.39. The van der Waals surface area contributed by atoms with E-state index in [4.69, 9.17) is 15.9 Å². The van der Waals surface area contributed by atoms with E-state index in [1.54, 1.807) is 23.4 Å². The molecule has 1 saturated heterocycles. The quantitative estimate of drug-likeness (QED) is 0.806. The Hall–Kier alpha value is -2.22. The van der Waals surface area contributed by atoms with Gasteiger partial charge in [0.15, 0.2) is 0 Å². The first kappa shape index (κ1) is 16.2. The Balaban J connectivity index is 1.94. The number of carbonyl (C=O) groups is 1. The first-order chi connectivity index (χ1) is 10.4. The summed E-state index contributed by atoms with van der Waals surface area (Å²) in [6.07, 6.45) is 10.1.